The third kappa shape index (κ3) is 2.43. The monoisotopic (exact) mass is 343 g/mol. The van der Waals surface area contributed by atoms with E-state index in [4.69, 9.17) is 16.1 Å². The summed E-state index contributed by atoms with van der Waals surface area (Å²) in [4.78, 5) is 4.34. The molecule has 0 fully saturated rings. The molecule has 0 spiro atoms. The molecule has 0 saturated heterocycles. The fraction of sp³-hybridized carbons (Fsp3) is 0.125. The number of fused-ring (bicyclic) bond motifs is 1. The molecule has 4 rings (SSSR count). The highest BCUT2D eigenvalue weighted by molar-refractivity contribution is 6.31. The van der Waals surface area contributed by atoms with Crippen LogP contribution >= 0.6 is 11.6 Å². The second kappa shape index (κ2) is 5.68. The van der Waals surface area contributed by atoms with Crippen molar-refractivity contribution in [1.29, 1.82) is 0 Å². The molecule has 120 valence electrons. The van der Waals surface area contributed by atoms with Gasteiger partial charge in [0.1, 0.15) is 11.3 Å². The lowest BCUT2D eigenvalue weighted by Crippen LogP contribution is -1.95. The summed E-state index contributed by atoms with van der Waals surface area (Å²) in [5.41, 5.74) is 3.01. The van der Waals surface area contributed by atoms with E-state index in [-0.39, 0.29) is 10.9 Å². The molecule has 4 aromatic rings. The number of benzene rings is 2. The maximum atomic E-state index is 13.3. The maximum Gasteiger partial charge on any atom is 0.258 e. The van der Waals surface area contributed by atoms with Crippen molar-refractivity contribution < 1.29 is 8.91 Å². The van der Waals surface area contributed by atoms with E-state index < -0.39 is 5.82 Å². The lowest BCUT2D eigenvalue weighted by atomic mass is 10.2. The van der Waals surface area contributed by atoms with Crippen molar-refractivity contribution in [2.45, 2.75) is 13.5 Å². The van der Waals surface area contributed by atoms with E-state index in [1.54, 1.807) is 4.68 Å². The predicted octanol–water partition coefficient (Wildman–Crippen LogP) is 3.96. The molecule has 0 unspecified atom stereocenters. The molecule has 2 aromatic heterocycles. The fourth-order valence-electron chi connectivity index (χ4n) is 2.43. The minimum absolute atomic E-state index is 0.00449. The molecule has 0 bridgehead atoms. The Bertz CT molecular complexity index is 1040. The molecule has 0 radical (unpaired) electrons. The fourth-order valence-corrected chi connectivity index (χ4v) is 2.61. The summed E-state index contributed by atoms with van der Waals surface area (Å²) in [5, 5.41) is 12.2. The maximum absolute atomic E-state index is 13.3. The van der Waals surface area contributed by atoms with Crippen molar-refractivity contribution in [1.82, 2.24) is 25.1 Å². The second-order valence-corrected chi connectivity index (χ2v) is 5.57. The van der Waals surface area contributed by atoms with Crippen LogP contribution < -0.4 is 0 Å². The van der Waals surface area contributed by atoms with Crippen LogP contribution in [-0.2, 0) is 6.54 Å². The Labute approximate surface area is 140 Å². The molecule has 0 aliphatic heterocycles. The highest BCUT2D eigenvalue weighted by atomic mass is 35.5. The third-order valence-corrected chi connectivity index (χ3v) is 3.95. The first-order valence-corrected chi connectivity index (χ1v) is 7.66. The molecule has 2 aromatic carbocycles. The molecule has 0 aliphatic rings. The van der Waals surface area contributed by atoms with Crippen molar-refractivity contribution in [3.05, 3.63) is 47.2 Å². The summed E-state index contributed by atoms with van der Waals surface area (Å²) >= 11 is 5.79. The highest BCUT2D eigenvalue weighted by Crippen LogP contribution is 2.27. The van der Waals surface area contributed by atoms with Gasteiger partial charge in [-0.25, -0.2) is 9.07 Å². The Morgan fingerprint density at radius 2 is 2.00 bits per heavy atom. The van der Waals surface area contributed by atoms with Crippen LogP contribution in [0.3, 0.4) is 0 Å². The molecule has 6 nitrogen and oxygen atoms in total. The van der Waals surface area contributed by atoms with E-state index in [9.17, 15) is 4.39 Å². The predicted molar refractivity (Wildman–Crippen MR) is 86.9 cm³/mol. The molecule has 0 atom stereocenters. The van der Waals surface area contributed by atoms with Gasteiger partial charge in [-0.15, -0.1) is 5.10 Å². The van der Waals surface area contributed by atoms with Crippen LogP contribution in [0.4, 0.5) is 4.39 Å². The number of halogens is 2. The van der Waals surface area contributed by atoms with Crippen molar-refractivity contribution in [2.24, 2.45) is 0 Å². The number of nitrogens with zero attached hydrogens (tertiary/aromatic N) is 5. The standard InChI is InChI=1S/C16H11ClFN5O/c1-2-23-14-6-4-9(8-13(14)20-22-23)15-19-16(24-21-15)10-3-5-12(18)11(17)7-10/h3-8H,2H2,1H3. The SMILES string of the molecule is CCn1nnc2cc(-c3noc(-c4ccc(F)c(Cl)c4)n3)ccc21. The van der Waals surface area contributed by atoms with E-state index in [2.05, 4.69) is 20.5 Å². The zero-order valence-electron chi connectivity index (χ0n) is 12.6. The van der Waals surface area contributed by atoms with Crippen LogP contribution in [0, 0.1) is 5.82 Å². The normalized spacial score (nSPS) is 11.3. The molecule has 0 N–H and O–H groups in total. The van der Waals surface area contributed by atoms with Gasteiger partial charge in [0.15, 0.2) is 0 Å². The van der Waals surface area contributed by atoms with Gasteiger partial charge in [0.2, 0.25) is 5.82 Å². The average molecular weight is 344 g/mol. The zero-order chi connectivity index (χ0) is 16.7. The largest absolute Gasteiger partial charge is 0.334 e. The highest BCUT2D eigenvalue weighted by Gasteiger charge is 2.14. The molecular weight excluding hydrogens is 333 g/mol. The van der Waals surface area contributed by atoms with Gasteiger partial charge in [0.25, 0.3) is 5.89 Å². The minimum Gasteiger partial charge on any atom is -0.334 e. The van der Waals surface area contributed by atoms with Gasteiger partial charge >= 0.3 is 0 Å². The minimum atomic E-state index is -0.496. The molecular formula is C16H11ClFN5O. The summed E-state index contributed by atoms with van der Waals surface area (Å²) in [6.07, 6.45) is 0. The van der Waals surface area contributed by atoms with Crippen LogP contribution in [0.2, 0.25) is 5.02 Å². The molecule has 0 amide bonds. The van der Waals surface area contributed by atoms with Crippen LogP contribution in [0.5, 0.6) is 0 Å². The van der Waals surface area contributed by atoms with Gasteiger partial charge in [0.05, 0.1) is 10.5 Å². The third-order valence-electron chi connectivity index (χ3n) is 3.66. The second-order valence-electron chi connectivity index (χ2n) is 5.16. The van der Waals surface area contributed by atoms with E-state index >= 15 is 0 Å². The smallest absolute Gasteiger partial charge is 0.258 e. The first kappa shape index (κ1) is 14.8. The average Bonchev–Trinajstić information content (AvgIpc) is 3.23. The first-order chi connectivity index (χ1) is 11.7. The van der Waals surface area contributed by atoms with Gasteiger partial charge in [-0.05, 0) is 43.3 Å². The quantitative estimate of drug-likeness (QED) is 0.563. The molecule has 8 heteroatoms. The number of aromatic nitrogens is 5. The van der Waals surface area contributed by atoms with E-state index in [0.29, 0.717) is 11.4 Å². The van der Waals surface area contributed by atoms with E-state index in [1.165, 1.54) is 18.2 Å². The van der Waals surface area contributed by atoms with Gasteiger partial charge in [-0.3, -0.25) is 0 Å². The summed E-state index contributed by atoms with van der Waals surface area (Å²) in [5.74, 6) is 0.187. The summed E-state index contributed by atoms with van der Waals surface area (Å²) in [7, 11) is 0. The Morgan fingerprint density at radius 3 is 2.79 bits per heavy atom. The van der Waals surface area contributed by atoms with Crippen LogP contribution in [0.1, 0.15) is 6.92 Å². The molecule has 0 aliphatic carbocycles. The zero-order valence-corrected chi connectivity index (χ0v) is 13.3. The number of aryl methyl sites for hydroxylation is 1. The van der Waals surface area contributed by atoms with Crippen LogP contribution in [-0.4, -0.2) is 25.1 Å². The number of hydrogen-bond donors (Lipinski definition) is 0. The van der Waals surface area contributed by atoms with E-state index in [0.717, 1.165) is 23.1 Å². The van der Waals surface area contributed by atoms with E-state index in [1.807, 2.05) is 25.1 Å². The van der Waals surface area contributed by atoms with Gasteiger partial charge in [-0.1, -0.05) is 22.0 Å². The van der Waals surface area contributed by atoms with Gasteiger partial charge < -0.3 is 4.52 Å². The molecule has 2 heterocycles. The van der Waals surface area contributed by atoms with Gasteiger partial charge in [-0.2, -0.15) is 4.98 Å². The van der Waals surface area contributed by atoms with Crippen molar-refractivity contribution in [2.75, 3.05) is 0 Å². The van der Waals surface area contributed by atoms with Crippen LogP contribution in [0.15, 0.2) is 40.9 Å². The first-order valence-electron chi connectivity index (χ1n) is 7.28. The topological polar surface area (TPSA) is 69.6 Å². The van der Waals surface area contributed by atoms with Crippen molar-refractivity contribution >= 4 is 22.6 Å². The van der Waals surface area contributed by atoms with Crippen LogP contribution in [0.25, 0.3) is 33.9 Å². The lowest BCUT2D eigenvalue weighted by Gasteiger charge is -1.97. The lowest BCUT2D eigenvalue weighted by molar-refractivity contribution is 0.432. The number of rotatable bonds is 3. The summed E-state index contributed by atoms with van der Waals surface area (Å²) in [6, 6.07) is 9.89. The Hall–Kier alpha value is -2.80. The molecule has 0 saturated carbocycles. The van der Waals surface area contributed by atoms with Gasteiger partial charge in [0, 0.05) is 17.7 Å². The van der Waals surface area contributed by atoms with Crippen molar-refractivity contribution in [3.8, 4) is 22.8 Å². The summed E-state index contributed by atoms with van der Waals surface area (Å²) in [6.45, 7) is 2.74. The molecule has 24 heavy (non-hydrogen) atoms. The summed E-state index contributed by atoms with van der Waals surface area (Å²) < 4.78 is 20.3. The Morgan fingerprint density at radius 1 is 1.17 bits per heavy atom. The Kier molecular flexibility index (Phi) is 3.50. The number of hydrogen-bond acceptors (Lipinski definition) is 5. The Balaban J connectivity index is 1.73. The van der Waals surface area contributed by atoms with Crippen molar-refractivity contribution in [3.63, 3.8) is 0 Å².